The molecule has 1 saturated heterocycles. The molecule has 1 fully saturated rings. The Labute approximate surface area is 191 Å². The number of benzene rings is 1. The van der Waals surface area contributed by atoms with Crippen molar-refractivity contribution in [1.29, 1.82) is 0 Å². The summed E-state index contributed by atoms with van der Waals surface area (Å²) in [7, 11) is 1.62. The van der Waals surface area contributed by atoms with Gasteiger partial charge in [0.25, 0.3) is 5.56 Å². The van der Waals surface area contributed by atoms with E-state index in [1.807, 2.05) is 4.90 Å². The lowest BCUT2D eigenvalue weighted by Crippen LogP contribution is -2.42. The summed E-state index contributed by atoms with van der Waals surface area (Å²) in [4.78, 5) is 47.9. The zero-order chi connectivity index (χ0) is 22.8. The molecule has 0 aliphatic carbocycles. The van der Waals surface area contributed by atoms with E-state index in [0.717, 1.165) is 25.5 Å². The highest BCUT2D eigenvalue weighted by atomic mass is 35.5. The van der Waals surface area contributed by atoms with Crippen molar-refractivity contribution in [3.05, 3.63) is 45.7 Å². The number of fused-ring (bicyclic) bond motifs is 1. The summed E-state index contributed by atoms with van der Waals surface area (Å²) in [5, 5.41) is 5.92. The van der Waals surface area contributed by atoms with Crippen molar-refractivity contribution < 1.29 is 14.0 Å². The molecule has 3 heterocycles. The first-order chi connectivity index (χ1) is 15.4. The summed E-state index contributed by atoms with van der Waals surface area (Å²) < 4.78 is 14.7. The van der Waals surface area contributed by atoms with Crippen LogP contribution < -0.4 is 21.1 Å². The second kappa shape index (κ2) is 9.21. The number of halogens is 2. The summed E-state index contributed by atoms with van der Waals surface area (Å²) in [5.41, 5.74) is 0.158. The van der Waals surface area contributed by atoms with Gasteiger partial charge in [0.2, 0.25) is 11.8 Å². The number of nitrogens with zero attached hydrogens (tertiary/aromatic N) is 4. The maximum Gasteiger partial charge on any atom is 0.273 e. The van der Waals surface area contributed by atoms with Crippen LogP contribution in [0.25, 0.3) is 10.3 Å². The summed E-state index contributed by atoms with van der Waals surface area (Å²) in [5.74, 6) is -1.16. The van der Waals surface area contributed by atoms with Crippen molar-refractivity contribution >= 4 is 55.9 Å². The highest BCUT2D eigenvalue weighted by Gasteiger charge is 2.27. The van der Waals surface area contributed by atoms with Crippen molar-refractivity contribution in [3.8, 4) is 0 Å². The van der Waals surface area contributed by atoms with Crippen LogP contribution in [0.2, 0.25) is 5.02 Å². The molecule has 2 aromatic heterocycles. The molecular formula is C20H20ClFN6O3S. The molecule has 1 unspecified atom stereocenters. The highest BCUT2D eigenvalue weighted by Crippen LogP contribution is 2.29. The maximum absolute atomic E-state index is 13.2. The summed E-state index contributed by atoms with van der Waals surface area (Å²) in [6.45, 7) is 0.974. The van der Waals surface area contributed by atoms with Crippen molar-refractivity contribution in [3.63, 3.8) is 0 Å². The standard InChI is InChI=1S/C20H20ClFN6O3S/c1-23-18(30)11-3-2-6-27(8-11)20-26-17-16(32-20)19(31)28(10-24-17)9-15(29)25-14-5-4-12(22)7-13(14)21/h4-5,7,10-11H,2-3,6,8-9H2,1H3,(H,23,30)(H,25,29). The molecule has 1 aliphatic rings. The Kier molecular flexibility index (Phi) is 6.38. The summed E-state index contributed by atoms with van der Waals surface area (Å²) in [6.07, 6.45) is 2.92. The van der Waals surface area contributed by atoms with E-state index >= 15 is 0 Å². The molecule has 12 heteroatoms. The lowest BCUT2D eigenvalue weighted by Gasteiger charge is -2.31. The molecule has 9 nitrogen and oxygen atoms in total. The fraction of sp³-hybridized carbons (Fsp3) is 0.350. The molecule has 1 aromatic carbocycles. The molecular weight excluding hydrogens is 459 g/mol. The van der Waals surface area contributed by atoms with Gasteiger partial charge in [-0.3, -0.25) is 19.0 Å². The highest BCUT2D eigenvalue weighted by molar-refractivity contribution is 7.22. The fourth-order valence-electron chi connectivity index (χ4n) is 3.59. The molecule has 0 spiro atoms. The minimum atomic E-state index is -0.518. The van der Waals surface area contributed by atoms with Gasteiger partial charge in [-0.25, -0.2) is 9.37 Å². The first-order valence-electron chi connectivity index (χ1n) is 9.93. The Morgan fingerprint density at radius 3 is 2.94 bits per heavy atom. The number of nitrogens with one attached hydrogen (secondary N) is 2. The lowest BCUT2D eigenvalue weighted by atomic mass is 9.98. The average molecular weight is 479 g/mol. The van der Waals surface area contributed by atoms with Gasteiger partial charge in [-0.05, 0) is 31.0 Å². The van der Waals surface area contributed by atoms with E-state index in [0.29, 0.717) is 22.0 Å². The van der Waals surface area contributed by atoms with Gasteiger partial charge >= 0.3 is 0 Å². The first-order valence-corrected chi connectivity index (χ1v) is 11.1. The number of amides is 2. The summed E-state index contributed by atoms with van der Waals surface area (Å²) in [6, 6.07) is 3.61. The van der Waals surface area contributed by atoms with E-state index < -0.39 is 11.7 Å². The van der Waals surface area contributed by atoms with Gasteiger partial charge in [0.15, 0.2) is 10.8 Å². The quantitative estimate of drug-likeness (QED) is 0.582. The molecule has 4 rings (SSSR count). The van der Waals surface area contributed by atoms with Crippen LogP contribution in [0.4, 0.5) is 15.2 Å². The number of thiazole rings is 1. The Morgan fingerprint density at radius 2 is 2.19 bits per heavy atom. The van der Waals surface area contributed by atoms with Crippen molar-refractivity contribution in [2.75, 3.05) is 30.4 Å². The smallest absolute Gasteiger partial charge is 0.273 e. The molecule has 1 atom stereocenters. The summed E-state index contributed by atoms with van der Waals surface area (Å²) >= 11 is 7.12. The SMILES string of the molecule is CNC(=O)C1CCCN(c2nc3ncn(CC(=O)Nc4ccc(F)cc4Cl)c(=O)c3s2)C1. The van der Waals surface area contributed by atoms with Crippen LogP contribution in [0, 0.1) is 11.7 Å². The number of carbonyl (C=O) groups excluding carboxylic acids is 2. The van der Waals surface area contributed by atoms with Crippen LogP contribution in [-0.2, 0) is 16.1 Å². The zero-order valence-corrected chi connectivity index (χ0v) is 18.7. The molecule has 32 heavy (non-hydrogen) atoms. The lowest BCUT2D eigenvalue weighted by molar-refractivity contribution is -0.124. The Bertz CT molecular complexity index is 1250. The minimum absolute atomic E-state index is 0.0106. The van der Waals surface area contributed by atoms with E-state index in [-0.39, 0.29) is 34.6 Å². The normalized spacial score (nSPS) is 16.2. The third-order valence-corrected chi connectivity index (χ3v) is 6.61. The van der Waals surface area contributed by atoms with Crippen LogP contribution in [0.5, 0.6) is 0 Å². The van der Waals surface area contributed by atoms with E-state index in [1.54, 1.807) is 7.05 Å². The number of aromatic nitrogens is 3. The Balaban J connectivity index is 1.52. The van der Waals surface area contributed by atoms with E-state index in [9.17, 15) is 18.8 Å². The van der Waals surface area contributed by atoms with Gasteiger partial charge in [-0.1, -0.05) is 22.9 Å². The Hall–Kier alpha value is -3.05. The number of piperidine rings is 1. The first kappa shape index (κ1) is 22.2. The molecule has 3 aromatic rings. The zero-order valence-electron chi connectivity index (χ0n) is 17.1. The second-order valence-electron chi connectivity index (χ2n) is 7.40. The fourth-order valence-corrected chi connectivity index (χ4v) is 4.81. The topological polar surface area (TPSA) is 109 Å². The third kappa shape index (κ3) is 4.58. The molecule has 2 amide bonds. The average Bonchev–Trinajstić information content (AvgIpc) is 3.22. The van der Waals surface area contributed by atoms with Gasteiger partial charge in [0.05, 0.1) is 16.6 Å². The van der Waals surface area contributed by atoms with Crippen LogP contribution >= 0.6 is 22.9 Å². The Morgan fingerprint density at radius 1 is 1.38 bits per heavy atom. The number of hydrogen-bond acceptors (Lipinski definition) is 7. The monoisotopic (exact) mass is 478 g/mol. The van der Waals surface area contributed by atoms with Crippen molar-refractivity contribution in [1.82, 2.24) is 19.9 Å². The van der Waals surface area contributed by atoms with Crippen LogP contribution in [0.3, 0.4) is 0 Å². The number of carbonyl (C=O) groups is 2. The van der Waals surface area contributed by atoms with Crippen LogP contribution in [0.15, 0.2) is 29.3 Å². The van der Waals surface area contributed by atoms with Crippen molar-refractivity contribution in [2.24, 2.45) is 5.92 Å². The molecule has 0 bridgehead atoms. The van der Waals surface area contributed by atoms with E-state index in [1.165, 1.54) is 34.4 Å². The van der Waals surface area contributed by atoms with E-state index in [2.05, 4.69) is 20.6 Å². The van der Waals surface area contributed by atoms with Gasteiger partial charge < -0.3 is 15.5 Å². The van der Waals surface area contributed by atoms with Crippen molar-refractivity contribution in [2.45, 2.75) is 19.4 Å². The van der Waals surface area contributed by atoms with Crippen LogP contribution in [-0.4, -0.2) is 46.5 Å². The van der Waals surface area contributed by atoms with E-state index in [4.69, 9.17) is 11.6 Å². The minimum Gasteiger partial charge on any atom is -0.359 e. The van der Waals surface area contributed by atoms with Gasteiger partial charge in [-0.2, -0.15) is 4.98 Å². The molecule has 168 valence electrons. The predicted octanol–water partition coefficient (Wildman–Crippen LogP) is 2.25. The van der Waals surface area contributed by atoms with Gasteiger partial charge in [-0.15, -0.1) is 0 Å². The third-order valence-electron chi connectivity index (χ3n) is 5.20. The van der Waals surface area contributed by atoms with Gasteiger partial charge in [0, 0.05) is 20.1 Å². The number of anilines is 2. The molecule has 0 radical (unpaired) electrons. The molecule has 0 saturated carbocycles. The largest absolute Gasteiger partial charge is 0.359 e. The van der Waals surface area contributed by atoms with Gasteiger partial charge in [0.1, 0.15) is 23.4 Å². The predicted molar refractivity (Wildman–Crippen MR) is 121 cm³/mol. The molecule has 1 aliphatic heterocycles. The number of hydrogen-bond donors (Lipinski definition) is 2. The van der Waals surface area contributed by atoms with Crippen LogP contribution in [0.1, 0.15) is 12.8 Å². The molecule has 2 N–H and O–H groups in total. The number of rotatable bonds is 5. The maximum atomic E-state index is 13.2. The second-order valence-corrected chi connectivity index (χ2v) is 8.78.